The number of rotatable bonds is 3. The SMILES string of the molecule is C=C(C)CN(C)c1nccnc1N. The van der Waals surface area contributed by atoms with E-state index in [0.29, 0.717) is 11.6 Å². The van der Waals surface area contributed by atoms with Gasteiger partial charge < -0.3 is 10.6 Å². The molecular weight excluding hydrogens is 164 g/mol. The fourth-order valence-corrected chi connectivity index (χ4v) is 1.12. The van der Waals surface area contributed by atoms with Gasteiger partial charge in [0.25, 0.3) is 0 Å². The lowest BCUT2D eigenvalue weighted by atomic mass is 10.3. The highest BCUT2D eigenvalue weighted by Crippen LogP contribution is 2.15. The van der Waals surface area contributed by atoms with E-state index < -0.39 is 0 Å². The second kappa shape index (κ2) is 3.89. The van der Waals surface area contributed by atoms with Crippen molar-refractivity contribution in [3.63, 3.8) is 0 Å². The van der Waals surface area contributed by atoms with E-state index in [1.807, 2.05) is 18.9 Å². The van der Waals surface area contributed by atoms with E-state index in [1.54, 1.807) is 12.4 Å². The second-order valence-corrected chi connectivity index (χ2v) is 3.08. The quantitative estimate of drug-likeness (QED) is 0.703. The summed E-state index contributed by atoms with van der Waals surface area (Å²) < 4.78 is 0. The maximum atomic E-state index is 5.65. The third-order valence-electron chi connectivity index (χ3n) is 1.57. The van der Waals surface area contributed by atoms with Crippen LogP contribution < -0.4 is 10.6 Å². The summed E-state index contributed by atoms with van der Waals surface area (Å²) in [6, 6.07) is 0. The van der Waals surface area contributed by atoms with Crippen LogP contribution in [0.25, 0.3) is 0 Å². The minimum Gasteiger partial charge on any atom is -0.381 e. The van der Waals surface area contributed by atoms with Crippen molar-refractivity contribution in [2.75, 3.05) is 24.2 Å². The zero-order chi connectivity index (χ0) is 9.84. The van der Waals surface area contributed by atoms with Crippen molar-refractivity contribution in [1.29, 1.82) is 0 Å². The van der Waals surface area contributed by atoms with E-state index >= 15 is 0 Å². The smallest absolute Gasteiger partial charge is 0.171 e. The van der Waals surface area contributed by atoms with E-state index in [9.17, 15) is 0 Å². The summed E-state index contributed by atoms with van der Waals surface area (Å²) >= 11 is 0. The van der Waals surface area contributed by atoms with Crippen molar-refractivity contribution in [3.05, 3.63) is 24.5 Å². The van der Waals surface area contributed by atoms with E-state index in [-0.39, 0.29) is 0 Å². The molecule has 0 radical (unpaired) electrons. The van der Waals surface area contributed by atoms with Gasteiger partial charge in [0.15, 0.2) is 11.6 Å². The molecule has 0 aliphatic carbocycles. The minimum absolute atomic E-state index is 0.450. The molecule has 0 aliphatic heterocycles. The van der Waals surface area contributed by atoms with Gasteiger partial charge in [-0.1, -0.05) is 12.2 Å². The molecule has 70 valence electrons. The predicted octanol–water partition coefficient (Wildman–Crippen LogP) is 1.07. The monoisotopic (exact) mass is 178 g/mol. The molecule has 0 atom stereocenters. The summed E-state index contributed by atoms with van der Waals surface area (Å²) in [6.07, 6.45) is 3.20. The van der Waals surface area contributed by atoms with Gasteiger partial charge in [0.05, 0.1) is 0 Å². The van der Waals surface area contributed by atoms with Crippen LogP contribution in [0.2, 0.25) is 0 Å². The van der Waals surface area contributed by atoms with E-state index in [4.69, 9.17) is 5.73 Å². The molecule has 4 heteroatoms. The molecule has 4 nitrogen and oxygen atoms in total. The maximum Gasteiger partial charge on any atom is 0.171 e. The van der Waals surface area contributed by atoms with Crippen molar-refractivity contribution >= 4 is 11.6 Å². The van der Waals surface area contributed by atoms with E-state index in [1.165, 1.54) is 0 Å². The average molecular weight is 178 g/mol. The molecule has 1 aromatic rings. The van der Waals surface area contributed by atoms with Crippen LogP contribution in [0.4, 0.5) is 11.6 Å². The number of hydrogen-bond donors (Lipinski definition) is 1. The third kappa shape index (κ3) is 2.43. The summed E-state index contributed by atoms with van der Waals surface area (Å²) in [5.74, 6) is 1.15. The molecule has 13 heavy (non-hydrogen) atoms. The Balaban J connectivity index is 2.82. The first-order valence-corrected chi connectivity index (χ1v) is 4.03. The van der Waals surface area contributed by atoms with Crippen molar-refractivity contribution < 1.29 is 0 Å². The largest absolute Gasteiger partial charge is 0.381 e. The lowest BCUT2D eigenvalue weighted by Gasteiger charge is -2.18. The van der Waals surface area contributed by atoms with Gasteiger partial charge in [0, 0.05) is 26.0 Å². The van der Waals surface area contributed by atoms with Crippen molar-refractivity contribution in [2.24, 2.45) is 0 Å². The molecule has 0 fully saturated rings. The highest BCUT2D eigenvalue weighted by Gasteiger charge is 2.06. The lowest BCUT2D eigenvalue weighted by molar-refractivity contribution is 0.947. The Morgan fingerprint density at radius 2 is 2.15 bits per heavy atom. The number of aromatic nitrogens is 2. The lowest BCUT2D eigenvalue weighted by Crippen LogP contribution is -2.21. The van der Waals surface area contributed by atoms with Gasteiger partial charge in [0.2, 0.25) is 0 Å². The number of anilines is 2. The number of nitrogens with zero attached hydrogens (tertiary/aromatic N) is 3. The van der Waals surface area contributed by atoms with Crippen LogP contribution in [0.3, 0.4) is 0 Å². The Labute approximate surface area is 78.1 Å². The summed E-state index contributed by atoms with van der Waals surface area (Å²) in [4.78, 5) is 10.0. The van der Waals surface area contributed by atoms with Crippen LogP contribution in [0.1, 0.15) is 6.92 Å². The first-order valence-electron chi connectivity index (χ1n) is 4.03. The molecule has 1 aromatic heterocycles. The van der Waals surface area contributed by atoms with Crippen LogP contribution >= 0.6 is 0 Å². The molecule has 0 saturated carbocycles. The Bertz CT molecular complexity index is 308. The van der Waals surface area contributed by atoms with Crippen LogP contribution in [0.5, 0.6) is 0 Å². The molecule has 1 rings (SSSR count). The third-order valence-corrected chi connectivity index (χ3v) is 1.57. The number of likely N-dealkylation sites (N-methyl/N-ethyl adjacent to an activating group) is 1. The fraction of sp³-hybridized carbons (Fsp3) is 0.333. The summed E-state index contributed by atoms with van der Waals surface area (Å²) in [6.45, 7) is 6.52. The first-order chi connectivity index (χ1) is 6.11. The normalized spacial score (nSPS) is 9.69. The van der Waals surface area contributed by atoms with Crippen molar-refractivity contribution in [1.82, 2.24) is 9.97 Å². The van der Waals surface area contributed by atoms with Crippen molar-refractivity contribution in [2.45, 2.75) is 6.92 Å². The van der Waals surface area contributed by atoms with E-state index in [2.05, 4.69) is 16.5 Å². The topological polar surface area (TPSA) is 55.0 Å². The van der Waals surface area contributed by atoms with Gasteiger partial charge in [-0.15, -0.1) is 0 Å². The van der Waals surface area contributed by atoms with Crippen molar-refractivity contribution in [3.8, 4) is 0 Å². The first kappa shape index (κ1) is 9.51. The molecule has 0 bridgehead atoms. The van der Waals surface area contributed by atoms with Gasteiger partial charge in [-0.05, 0) is 6.92 Å². The number of nitrogen functional groups attached to an aromatic ring is 1. The fourth-order valence-electron chi connectivity index (χ4n) is 1.12. The minimum atomic E-state index is 0.450. The zero-order valence-corrected chi connectivity index (χ0v) is 7.99. The summed E-state index contributed by atoms with van der Waals surface area (Å²) in [5.41, 5.74) is 6.71. The van der Waals surface area contributed by atoms with Gasteiger partial charge in [-0.2, -0.15) is 0 Å². The van der Waals surface area contributed by atoms with Gasteiger partial charge in [-0.25, -0.2) is 9.97 Å². The maximum absolute atomic E-state index is 5.65. The Morgan fingerprint density at radius 1 is 1.54 bits per heavy atom. The highest BCUT2D eigenvalue weighted by molar-refractivity contribution is 5.57. The number of nitrogens with two attached hydrogens (primary N) is 1. The van der Waals surface area contributed by atoms with Crippen LogP contribution in [-0.4, -0.2) is 23.6 Å². The van der Waals surface area contributed by atoms with Crippen LogP contribution in [0.15, 0.2) is 24.5 Å². The number of hydrogen-bond acceptors (Lipinski definition) is 4. The standard InChI is InChI=1S/C9H14N4/c1-7(2)6-13(3)9-8(10)11-4-5-12-9/h4-5H,1,6H2,2-3H3,(H2,10,11). The molecular formula is C9H14N4. The predicted molar refractivity (Wildman–Crippen MR) is 54.5 cm³/mol. The zero-order valence-electron chi connectivity index (χ0n) is 7.99. The van der Waals surface area contributed by atoms with Gasteiger partial charge >= 0.3 is 0 Å². The van der Waals surface area contributed by atoms with Gasteiger partial charge in [0.1, 0.15) is 0 Å². The molecule has 0 aliphatic rings. The molecule has 1 heterocycles. The van der Waals surface area contributed by atoms with Crippen LogP contribution in [-0.2, 0) is 0 Å². The summed E-state index contributed by atoms with van der Waals surface area (Å²) in [5, 5.41) is 0. The molecule has 0 aromatic carbocycles. The Kier molecular flexibility index (Phi) is 2.84. The molecule has 0 amide bonds. The van der Waals surface area contributed by atoms with E-state index in [0.717, 1.165) is 12.1 Å². The molecule has 0 spiro atoms. The summed E-state index contributed by atoms with van der Waals surface area (Å²) in [7, 11) is 1.91. The molecule has 0 unspecified atom stereocenters. The van der Waals surface area contributed by atoms with Gasteiger partial charge in [-0.3, -0.25) is 0 Å². The average Bonchev–Trinajstić information content (AvgIpc) is 2.03. The highest BCUT2D eigenvalue weighted by atomic mass is 15.2. The molecule has 0 saturated heterocycles. The second-order valence-electron chi connectivity index (χ2n) is 3.08. The molecule has 2 N–H and O–H groups in total. The van der Waals surface area contributed by atoms with Crippen LogP contribution in [0, 0.1) is 0 Å². The Hall–Kier alpha value is -1.58. The Morgan fingerprint density at radius 3 is 2.69 bits per heavy atom.